The molecule has 0 aliphatic carbocycles. The smallest absolute Gasteiger partial charge is 0.407 e. The lowest BCUT2D eigenvalue weighted by Gasteiger charge is -2.09. The molecule has 0 aliphatic rings. The van der Waals surface area contributed by atoms with Crippen LogP contribution < -0.4 is 21.3 Å². The van der Waals surface area contributed by atoms with E-state index in [1.807, 2.05) is 0 Å². The Hall–Kier alpha value is -2.19. The van der Waals surface area contributed by atoms with Gasteiger partial charge in [0.2, 0.25) is 0 Å². The number of rotatable bonds is 8. The van der Waals surface area contributed by atoms with Gasteiger partial charge in [0, 0.05) is 26.2 Å². The van der Waals surface area contributed by atoms with E-state index in [2.05, 4.69) is 30.7 Å². The lowest BCUT2D eigenvalue weighted by Crippen LogP contribution is -2.43. The van der Waals surface area contributed by atoms with Gasteiger partial charge in [-0.15, -0.1) is 0 Å². The van der Waals surface area contributed by atoms with Gasteiger partial charge in [-0.1, -0.05) is 0 Å². The van der Waals surface area contributed by atoms with Crippen LogP contribution in [0.3, 0.4) is 0 Å². The van der Waals surface area contributed by atoms with Gasteiger partial charge in [-0.25, -0.2) is 14.4 Å². The van der Waals surface area contributed by atoms with Crippen LogP contribution in [0.4, 0.5) is 14.4 Å². The van der Waals surface area contributed by atoms with Crippen molar-refractivity contribution in [2.75, 3.05) is 39.4 Å². The summed E-state index contributed by atoms with van der Waals surface area (Å²) in [6, 6.07) is -0.388. The van der Waals surface area contributed by atoms with Crippen LogP contribution in [0.25, 0.3) is 0 Å². The summed E-state index contributed by atoms with van der Waals surface area (Å²) in [5.74, 6) is 0. The highest BCUT2D eigenvalue weighted by Gasteiger charge is 2.02. The molecule has 116 valence electrons. The van der Waals surface area contributed by atoms with E-state index in [4.69, 9.17) is 0 Å². The van der Waals surface area contributed by atoms with Crippen LogP contribution in [0.15, 0.2) is 0 Å². The Kier molecular flexibility index (Phi) is 10.6. The van der Waals surface area contributed by atoms with E-state index >= 15 is 0 Å². The Morgan fingerprint density at radius 1 is 0.700 bits per heavy atom. The third-order valence-electron chi connectivity index (χ3n) is 1.91. The Balaban J connectivity index is 3.41. The molecule has 4 amide bonds. The molecule has 0 aliphatic heterocycles. The van der Waals surface area contributed by atoms with Gasteiger partial charge < -0.3 is 30.7 Å². The van der Waals surface area contributed by atoms with Gasteiger partial charge in [0.25, 0.3) is 0 Å². The van der Waals surface area contributed by atoms with Crippen molar-refractivity contribution in [1.29, 1.82) is 0 Å². The number of amides is 4. The minimum absolute atomic E-state index is 0.271. The second-order valence-corrected chi connectivity index (χ2v) is 3.48. The average Bonchev–Trinajstić information content (AvgIpc) is 2.40. The Bertz CT molecular complexity index is 283. The van der Waals surface area contributed by atoms with Crippen LogP contribution in [0.5, 0.6) is 0 Å². The molecule has 0 fully saturated rings. The van der Waals surface area contributed by atoms with E-state index in [1.54, 1.807) is 13.8 Å². The minimum atomic E-state index is -0.520. The number of alkyl carbamates (subject to hydrolysis) is 2. The fourth-order valence-corrected chi connectivity index (χ4v) is 1.11. The maximum atomic E-state index is 11.3. The van der Waals surface area contributed by atoms with Crippen LogP contribution in [0, 0.1) is 0 Å². The van der Waals surface area contributed by atoms with E-state index < -0.39 is 12.2 Å². The van der Waals surface area contributed by atoms with Gasteiger partial charge in [-0.05, 0) is 13.8 Å². The van der Waals surface area contributed by atoms with Gasteiger partial charge in [0.05, 0.1) is 13.2 Å². The van der Waals surface area contributed by atoms with Crippen LogP contribution in [-0.2, 0) is 9.47 Å². The molecule has 0 aromatic carbocycles. The molecule has 0 rings (SSSR count). The summed E-state index contributed by atoms with van der Waals surface area (Å²) in [7, 11) is 0. The molecule has 0 aromatic rings. The molecule has 0 unspecified atom stereocenters. The highest BCUT2D eigenvalue weighted by molar-refractivity contribution is 5.74. The molecule has 0 heterocycles. The van der Waals surface area contributed by atoms with Crippen molar-refractivity contribution in [3.63, 3.8) is 0 Å². The quantitative estimate of drug-likeness (QED) is 0.461. The molecule has 0 aromatic heterocycles. The van der Waals surface area contributed by atoms with Gasteiger partial charge in [0.15, 0.2) is 0 Å². The molecule has 0 saturated carbocycles. The normalized spacial score (nSPS) is 9.30. The second-order valence-electron chi connectivity index (χ2n) is 3.48. The number of ether oxygens (including phenoxy) is 2. The number of urea groups is 1. The number of hydrogen-bond donors (Lipinski definition) is 4. The third kappa shape index (κ3) is 10.9. The predicted octanol–water partition coefficient (Wildman–Crippen LogP) is -0.222. The van der Waals surface area contributed by atoms with Crippen LogP contribution >= 0.6 is 0 Å². The summed E-state index contributed by atoms with van der Waals surface area (Å²) >= 11 is 0. The zero-order valence-electron chi connectivity index (χ0n) is 11.8. The van der Waals surface area contributed by atoms with E-state index in [0.29, 0.717) is 13.2 Å². The fourth-order valence-electron chi connectivity index (χ4n) is 1.11. The van der Waals surface area contributed by atoms with Gasteiger partial charge in [-0.3, -0.25) is 0 Å². The zero-order chi connectivity index (χ0) is 15.2. The van der Waals surface area contributed by atoms with E-state index in [1.165, 1.54) is 0 Å². The maximum Gasteiger partial charge on any atom is 0.407 e. The highest BCUT2D eigenvalue weighted by atomic mass is 16.6. The number of carbonyl (C=O) groups is 3. The van der Waals surface area contributed by atoms with Crippen molar-refractivity contribution < 1.29 is 23.9 Å². The maximum absolute atomic E-state index is 11.3. The van der Waals surface area contributed by atoms with Crippen molar-refractivity contribution in [2.24, 2.45) is 0 Å². The molecule has 0 spiro atoms. The number of hydrogen-bond acceptors (Lipinski definition) is 5. The van der Waals surface area contributed by atoms with Crippen molar-refractivity contribution in [2.45, 2.75) is 13.8 Å². The fraction of sp³-hybridized carbons (Fsp3) is 0.727. The zero-order valence-corrected chi connectivity index (χ0v) is 11.8. The summed E-state index contributed by atoms with van der Waals surface area (Å²) in [4.78, 5) is 33.1. The Morgan fingerprint density at radius 2 is 1.05 bits per heavy atom. The molecule has 9 nitrogen and oxygen atoms in total. The standard InChI is InChI=1S/C11H22N4O5/c1-3-19-10(17)14-7-5-12-9(16)13-6-8-15-11(18)20-4-2/h3-8H2,1-2H3,(H,14,17)(H,15,18)(H2,12,13,16). The summed E-state index contributed by atoms with van der Waals surface area (Å²) in [5.41, 5.74) is 0. The first-order valence-electron chi connectivity index (χ1n) is 6.43. The largest absolute Gasteiger partial charge is 0.450 e. The molecule has 9 heteroatoms. The number of nitrogens with one attached hydrogen (secondary N) is 4. The molecule has 0 radical (unpaired) electrons. The van der Waals surface area contributed by atoms with Crippen molar-refractivity contribution in [1.82, 2.24) is 21.3 Å². The molecule has 0 atom stereocenters. The Morgan fingerprint density at radius 3 is 1.40 bits per heavy atom. The van der Waals surface area contributed by atoms with E-state index in [-0.39, 0.29) is 32.2 Å². The van der Waals surface area contributed by atoms with Crippen molar-refractivity contribution >= 4 is 18.2 Å². The van der Waals surface area contributed by atoms with Crippen LogP contribution in [0.1, 0.15) is 13.8 Å². The minimum Gasteiger partial charge on any atom is -0.450 e. The number of carbonyl (C=O) groups excluding carboxylic acids is 3. The van der Waals surface area contributed by atoms with Gasteiger partial charge in [0.1, 0.15) is 0 Å². The molecule has 20 heavy (non-hydrogen) atoms. The summed E-state index contributed by atoms with van der Waals surface area (Å²) < 4.78 is 9.28. The van der Waals surface area contributed by atoms with Crippen LogP contribution in [0.2, 0.25) is 0 Å². The van der Waals surface area contributed by atoms with Crippen molar-refractivity contribution in [3.05, 3.63) is 0 Å². The summed E-state index contributed by atoms with van der Waals surface area (Å²) in [6.07, 6.45) is -1.04. The Labute approximate surface area is 117 Å². The average molecular weight is 290 g/mol. The van der Waals surface area contributed by atoms with E-state index in [0.717, 1.165) is 0 Å². The SMILES string of the molecule is CCOC(=O)NCCNC(=O)NCCNC(=O)OCC. The monoisotopic (exact) mass is 290 g/mol. The highest BCUT2D eigenvalue weighted by Crippen LogP contribution is 1.76. The first kappa shape index (κ1) is 17.8. The van der Waals surface area contributed by atoms with Gasteiger partial charge >= 0.3 is 18.2 Å². The molecular formula is C11H22N4O5. The lowest BCUT2D eigenvalue weighted by atomic mass is 10.6. The van der Waals surface area contributed by atoms with Crippen LogP contribution in [-0.4, -0.2) is 57.6 Å². The van der Waals surface area contributed by atoms with E-state index in [9.17, 15) is 14.4 Å². The first-order chi connectivity index (χ1) is 9.60. The van der Waals surface area contributed by atoms with Crippen molar-refractivity contribution in [3.8, 4) is 0 Å². The predicted molar refractivity (Wildman–Crippen MR) is 71.5 cm³/mol. The second kappa shape index (κ2) is 11.9. The molecule has 4 N–H and O–H groups in total. The first-order valence-corrected chi connectivity index (χ1v) is 6.43. The summed E-state index contributed by atoms with van der Waals surface area (Å²) in [6.45, 7) is 5.10. The third-order valence-corrected chi connectivity index (χ3v) is 1.91. The van der Waals surface area contributed by atoms with Gasteiger partial charge in [-0.2, -0.15) is 0 Å². The molecule has 0 bridgehead atoms. The summed E-state index contributed by atoms with van der Waals surface area (Å²) in [5, 5.41) is 9.97. The lowest BCUT2D eigenvalue weighted by molar-refractivity contribution is 0.151. The molecular weight excluding hydrogens is 268 g/mol. The molecule has 0 saturated heterocycles. The topological polar surface area (TPSA) is 118 Å².